The molecule has 0 spiro atoms. The van der Waals surface area contributed by atoms with E-state index in [1.807, 2.05) is 0 Å². The second-order valence-electron chi connectivity index (χ2n) is 3.51. The van der Waals surface area contributed by atoms with Crippen LogP contribution in [0.15, 0.2) is 4.99 Å². The molecule has 2 aliphatic rings. The van der Waals surface area contributed by atoms with E-state index in [0.29, 0.717) is 6.04 Å². The fraction of sp³-hybridized carbons (Fsp3) is 0.889. The topological polar surface area (TPSA) is 15.6 Å². The zero-order valence-corrected chi connectivity index (χ0v) is 9.12. The summed E-state index contributed by atoms with van der Waals surface area (Å²) < 4.78 is 0. The van der Waals surface area contributed by atoms with Crippen LogP contribution in [0.5, 0.6) is 0 Å². The summed E-state index contributed by atoms with van der Waals surface area (Å²) in [6.45, 7) is 3.62. The van der Waals surface area contributed by atoms with E-state index in [0.717, 1.165) is 6.54 Å². The van der Waals surface area contributed by atoms with Crippen LogP contribution in [0.3, 0.4) is 0 Å². The molecule has 1 atom stereocenters. The molecule has 2 nitrogen and oxygen atoms in total. The van der Waals surface area contributed by atoms with Crippen molar-refractivity contribution in [2.75, 3.05) is 19.6 Å². The van der Waals surface area contributed by atoms with Crippen LogP contribution in [0.1, 0.15) is 25.7 Å². The molecule has 2 heterocycles. The van der Waals surface area contributed by atoms with Crippen LogP contribution in [0, 0.1) is 0 Å². The fourth-order valence-electron chi connectivity index (χ4n) is 2.02. The van der Waals surface area contributed by atoms with Crippen LogP contribution >= 0.6 is 17.0 Å². The van der Waals surface area contributed by atoms with Gasteiger partial charge in [-0.25, -0.2) is 0 Å². The number of aliphatic imine (C=N–C) groups is 1. The molecule has 0 aromatic carbocycles. The molecule has 0 bridgehead atoms. The Labute approximate surface area is 84.8 Å². The van der Waals surface area contributed by atoms with Gasteiger partial charge in [0, 0.05) is 25.3 Å². The van der Waals surface area contributed by atoms with Crippen molar-refractivity contribution in [2.45, 2.75) is 31.7 Å². The normalized spacial score (nSPS) is 30.2. The van der Waals surface area contributed by atoms with Gasteiger partial charge in [0.05, 0.1) is 0 Å². The van der Waals surface area contributed by atoms with Crippen LogP contribution in [0.25, 0.3) is 0 Å². The standard InChI is InChI=1S/C9H16N2.BrH/c1-2-6-11-7-3-5-10-8-9(11)4-1;/h8-9H,1-7H2;1H. The minimum atomic E-state index is 0. The first-order chi connectivity index (χ1) is 5.47. The van der Waals surface area contributed by atoms with E-state index in [-0.39, 0.29) is 17.0 Å². The van der Waals surface area contributed by atoms with Crippen LogP contribution in [0.4, 0.5) is 0 Å². The summed E-state index contributed by atoms with van der Waals surface area (Å²) >= 11 is 0. The molecule has 0 aliphatic carbocycles. The number of hydrogen-bond donors (Lipinski definition) is 0. The van der Waals surface area contributed by atoms with Gasteiger partial charge < -0.3 is 0 Å². The van der Waals surface area contributed by atoms with Crippen LogP contribution < -0.4 is 0 Å². The third-order valence-electron chi connectivity index (χ3n) is 2.67. The van der Waals surface area contributed by atoms with E-state index < -0.39 is 0 Å². The van der Waals surface area contributed by atoms with E-state index in [1.54, 1.807) is 0 Å². The van der Waals surface area contributed by atoms with Gasteiger partial charge in [0.1, 0.15) is 0 Å². The second kappa shape index (κ2) is 4.97. The highest BCUT2D eigenvalue weighted by molar-refractivity contribution is 8.93. The average molecular weight is 233 g/mol. The number of fused-ring (bicyclic) bond motifs is 1. The van der Waals surface area contributed by atoms with Crippen molar-refractivity contribution in [2.24, 2.45) is 4.99 Å². The molecule has 70 valence electrons. The molecule has 0 amide bonds. The van der Waals surface area contributed by atoms with Crippen molar-refractivity contribution in [3.8, 4) is 0 Å². The lowest BCUT2D eigenvalue weighted by atomic mass is 10.0. The summed E-state index contributed by atoms with van der Waals surface area (Å²) in [7, 11) is 0. The summed E-state index contributed by atoms with van der Waals surface area (Å²) in [5.74, 6) is 0. The van der Waals surface area contributed by atoms with E-state index in [9.17, 15) is 0 Å². The van der Waals surface area contributed by atoms with Crippen molar-refractivity contribution in [1.29, 1.82) is 0 Å². The zero-order chi connectivity index (χ0) is 7.52. The minimum Gasteiger partial charge on any atom is -0.296 e. The Morgan fingerprint density at radius 1 is 1.17 bits per heavy atom. The SMILES string of the molecule is Br.C1=NCCCN2CCCCC12. The first-order valence-corrected chi connectivity index (χ1v) is 4.71. The zero-order valence-electron chi connectivity index (χ0n) is 7.41. The molecule has 3 heteroatoms. The highest BCUT2D eigenvalue weighted by Crippen LogP contribution is 2.17. The Morgan fingerprint density at radius 3 is 2.92 bits per heavy atom. The van der Waals surface area contributed by atoms with Crippen molar-refractivity contribution in [3.05, 3.63) is 0 Å². The van der Waals surface area contributed by atoms with Gasteiger partial charge in [0.25, 0.3) is 0 Å². The Bertz CT molecular complexity index is 159. The maximum Gasteiger partial charge on any atom is 0.0446 e. The highest BCUT2D eigenvalue weighted by Gasteiger charge is 2.20. The maximum absolute atomic E-state index is 4.39. The number of piperidine rings is 1. The van der Waals surface area contributed by atoms with Gasteiger partial charge in [-0.15, -0.1) is 17.0 Å². The monoisotopic (exact) mass is 232 g/mol. The predicted octanol–water partition coefficient (Wildman–Crippen LogP) is 1.89. The number of halogens is 1. The molecular weight excluding hydrogens is 216 g/mol. The van der Waals surface area contributed by atoms with Crippen LogP contribution in [-0.2, 0) is 0 Å². The van der Waals surface area contributed by atoms with Crippen molar-refractivity contribution >= 4 is 23.2 Å². The molecule has 1 unspecified atom stereocenters. The van der Waals surface area contributed by atoms with Gasteiger partial charge in [-0.3, -0.25) is 9.89 Å². The van der Waals surface area contributed by atoms with Gasteiger partial charge in [-0.1, -0.05) is 6.42 Å². The van der Waals surface area contributed by atoms with Crippen LogP contribution in [0.2, 0.25) is 0 Å². The lowest BCUT2D eigenvalue weighted by molar-refractivity contribution is 0.198. The summed E-state index contributed by atoms with van der Waals surface area (Å²) in [6, 6.07) is 0.686. The highest BCUT2D eigenvalue weighted by atomic mass is 79.9. The van der Waals surface area contributed by atoms with Crippen LogP contribution in [-0.4, -0.2) is 36.8 Å². The number of hydrogen-bond acceptors (Lipinski definition) is 2. The molecule has 0 aromatic heterocycles. The van der Waals surface area contributed by atoms with Gasteiger partial charge in [-0.05, 0) is 25.8 Å². The lowest BCUT2D eigenvalue weighted by Gasteiger charge is -2.31. The van der Waals surface area contributed by atoms with Gasteiger partial charge >= 0.3 is 0 Å². The quantitative estimate of drug-likeness (QED) is 0.623. The van der Waals surface area contributed by atoms with Crippen molar-refractivity contribution in [1.82, 2.24) is 4.90 Å². The largest absolute Gasteiger partial charge is 0.296 e. The fourth-order valence-corrected chi connectivity index (χ4v) is 2.02. The third-order valence-corrected chi connectivity index (χ3v) is 2.67. The van der Waals surface area contributed by atoms with Crippen molar-refractivity contribution in [3.63, 3.8) is 0 Å². The predicted molar refractivity (Wildman–Crippen MR) is 57.5 cm³/mol. The molecule has 0 saturated carbocycles. The second-order valence-corrected chi connectivity index (χ2v) is 3.51. The summed E-state index contributed by atoms with van der Waals surface area (Å²) in [6.07, 6.45) is 7.56. The molecule has 0 radical (unpaired) electrons. The molecule has 0 aromatic rings. The number of rotatable bonds is 0. The third kappa shape index (κ3) is 2.30. The summed E-state index contributed by atoms with van der Waals surface area (Å²) in [5.41, 5.74) is 0. The summed E-state index contributed by atoms with van der Waals surface area (Å²) in [4.78, 5) is 6.97. The van der Waals surface area contributed by atoms with E-state index >= 15 is 0 Å². The molecule has 2 rings (SSSR count). The summed E-state index contributed by atoms with van der Waals surface area (Å²) in [5, 5.41) is 0. The van der Waals surface area contributed by atoms with Gasteiger partial charge in [0.2, 0.25) is 0 Å². The first kappa shape index (κ1) is 10.2. The van der Waals surface area contributed by atoms with Gasteiger partial charge in [0.15, 0.2) is 0 Å². The van der Waals surface area contributed by atoms with E-state index in [1.165, 1.54) is 38.8 Å². The Hall–Kier alpha value is 0.110. The Morgan fingerprint density at radius 2 is 2.00 bits per heavy atom. The van der Waals surface area contributed by atoms with Crippen molar-refractivity contribution < 1.29 is 0 Å². The molecule has 1 saturated heterocycles. The first-order valence-electron chi connectivity index (χ1n) is 4.71. The molecular formula is C9H17BrN2. The number of nitrogens with zero attached hydrogens (tertiary/aromatic N) is 2. The van der Waals surface area contributed by atoms with E-state index in [4.69, 9.17) is 0 Å². The molecule has 2 aliphatic heterocycles. The van der Waals surface area contributed by atoms with E-state index in [2.05, 4.69) is 16.1 Å². The molecule has 12 heavy (non-hydrogen) atoms. The minimum absolute atomic E-state index is 0. The average Bonchev–Trinajstić information content (AvgIpc) is 2.28. The molecule has 1 fully saturated rings. The maximum atomic E-state index is 4.39. The Kier molecular flexibility index (Phi) is 4.22. The smallest absolute Gasteiger partial charge is 0.0446 e. The lowest BCUT2D eigenvalue weighted by Crippen LogP contribution is -2.40. The van der Waals surface area contributed by atoms with Gasteiger partial charge in [-0.2, -0.15) is 0 Å². The molecule has 0 N–H and O–H groups in total. The Balaban J connectivity index is 0.000000720.